The van der Waals surface area contributed by atoms with Gasteiger partial charge in [-0.25, -0.2) is 0 Å². The Labute approximate surface area is 258 Å². The summed E-state index contributed by atoms with van der Waals surface area (Å²) in [6.45, 7) is 6.21. The van der Waals surface area contributed by atoms with E-state index in [2.05, 4.69) is 32.8 Å². The highest BCUT2D eigenvalue weighted by Crippen LogP contribution is 2.36. The molecule has 232 valence electrons. The van der Waals surface area contributed by atoms with E-state index in [1.54, 1.807) is 36.5 Å². The normalized spacial score (nSPS) is 16.4. The summed E-state index contributed by atoms with van der Waals surface area (Å²) in [4.78, 5) is 33.0. The molecule has 1 saturated heterocycles. The van der Waals surface area contributed by atoms with E-state index in [0.717, 1.165) is 37.0 Å². The van der Waals surface area contributed by atoms with Crippen LogP contribution in [0.25, 0.3) is 11.6 Å². The smallest absolute Gasteiger partial charge is 0.362 e. The number of hydrogen-bond donors (Lipinski definition) is 4. The van der Waals surface area contributed by atoms with Crippen LogP contribution in [-0.4, -0.2) is 59.3 Å². The number of aromatic amines is 1. The van der Waals surface area contributed by atoms with Crippen molar-refractivity contribution in [1.29, 1.82) is 0 Å². The zero-order valence-electron chi connectivity index (χ0n) is 24.7. The van der Waals surface area contributed by atoms with E-state index in [4.69, 9.17) is 0 Å². The second kappa shape index (κ2) is 12.6. The van der Waals surface area contributed by atoms with Crippen LogP contribution in [0, 0.1) is 0 Å². The summed E-state index contributed by atoms with van der Waals surface area (Å²) in [5.74, 6) is -0.833. The van der Waals surface area contributed by atoms with Crippen LogP contribution < -0.4 is 16.0 Å². The number of likely N-dealkylation sites (N-methyl/N-ethyl adjacent to an activating group) is 1. The number of hydrogen-bond acceptors (Lipinski definition) is 5. The Balaban J connectivity index is 1.14. The molecule has 0 saturated carbocycles. The molecule has 3 aromatic carbocycles. The van der Waals surface area contributed by atoms with Crippen LogP contribution in [0.5, 0.6) is 0 Å². The molecule has 4 aromatic rings. The number of anilines is 4. The Kier molecular flexibility index (Phi) is 8.46. The van der Waals surface area contributed by atoms with E-state index in [0.29, 0.717) is 41.4 Å². The van der Waals surface area contributed by atoms with Crippen LogP contribution in [0.2, 0.25) is 0 Å². The van der Waals surface area contributed by atoms with E-state index >= 15 is 0 Å². The number of nitrogens with zero attached hydrogens (tertiary/aromatic N) is 2. The van der Waals surface area contributed by atoms with Gasteiger partial charge in [0.2, 0.25) is 0 Å². The zero-order valence-corrected chi connectivity index (χ0v) is 24.7. The van der Waals surface area contributed by atoms with Gasteiger partial charge in [0.25, 0.3) is 11.8 Å². The summed E-state index contributed by atoms with van der Waals surface area (Å²) in [7, 11) is 0. The SMILES string of the molecule is CCN1CCN(Cc2ccc(C(=O)Nc3cccc(Nc4ccc5c(c4)NC(=O)/C5=C\c4ccc[nH]4)c3)cc2C(F)(F)F)CC1. The first kappa shape index (κ1) is 30.2. The van der Waals surface area contributed by atoms with Gasteiger partial charge in [0.1, 0.15) is 0 Å². The Morgan fingerprint density at radius 2 is 1.67 bits per heavy atom. The Morgan fingerprint density at radius 1 is 0.911 bits per heavy atom. The Bertz CT molecular complexity index is 1740. The summed E-state index contributed by atoms with van der Waals surface area (Å²) >= 11 is 0. The van der Waals surface area contributed by atoms with Crippen molar-refractivity contribution in [1.82, 2.24) is 14.8 Å². The molecule has 0 radical (unpaired) electrons. The average molecular weight is 615 g/mol. The van der Waals surface area contributed by atoms with Gasteiger partial charge in [-0.1, -0.05) is 25.1 Å². The van der Waals surface area contributed by atoms with Gasteiger partial charge in [-0.05, 0) is 72.8 Å². The lowest BCUT2D eigenvalue weighted by Gasteiger charge is -2.34. The number of rotatable bonds is 8. The molecule has 2 aliphatic rings. The van der Waals surface area contributed by atoms with Gasteiger partial charge >= 0.3 is 6.18 Å². The summed E-state index contributed by atoms with van der Waals surface area (Å²) in [6, 6.07) is 19.9. The van der Waals surface area contributed by atoms with Crippen molar-refractivity contribution in [3.05, 3.63) is 107 Å². The molecular weight excluding hydrogens is 581 g/mol. The van der Waals surface area contributed by atoms with Gasteiger partial charge in [0.05, 0.1) is 16.8 Å². The van der Waals surface area contributed by atoms with Crippen LogP contribution in [-0.2, 0) is 17.5 Å². The van der Waals surface area contributed by atoms with Crippen LogP contribution in [0.3, 0.4) is 0 Å². The number of amides is 2. The fourth-order valence-corrected chi connectivity index (χ4v) is 5.67. The number of benzene rings is 3. The molecule has 1 fully saturated rings. The van der Waals surface area contributed by atoms with Crippen LogP contribution >= 0.6 is 0 Å². The summed E-state index contributed by atoms with van der Waals surface area (Å²) in [5.41, 5.74) is 3.89. The molecule has 0 bridgehead atoms. The Morgan fingerprint density at radius 3 is 2.40 bits per heavy atom. The third-order valence-corrected chi connectivity index (χ3v) is 8.12. The van der Waals surface area contributed by atoms with Gasteiger partial charge in [0, 0.05) is 72.8 Å². The quantitative estimate of drug-likeness (QED) is 0.167. The van der Waals surface area contributed by atoms with E-state index in [-0.39, 0.29) is 23.6 Å². The minimum Gasteiger partial charge on any atom is -0.362 e. The van der Waals surface area contributed by atoms with Crippen molar-refractivity contribution in [3.63, 3.8) is 0 Å². The minimum atomic E-state index is -4.59. The lowest BCUT2D eigenvalue weighted by atomic mass is 10.0. The molecule has 0 spiro atoms. The third kappa shape index (κ3) is 6.95. The number of carbonyl (C=O) groups is 2. The molecule has 0 aliphatic carbocycles. The first-order valence-electron chi connectivity index (χ1n) is 14.8. The maximum atomic E-state index is 14.1. The molecule has 0 atom stereocenters. The molecule has 2 amide bonds. The highest BCUT2D eigenvalue weighted by atomic mass is 19.4. The molecule has 45 heavy (non-hydrogen) atoms. The number of fused-ring (bicyclic) bond motifs is 1. The molecule has 1 aromatic heterocycles. The number of carbonyl (C=O) groups excluding carboxylic acids is 2. The molecule has 2 aliphatic heterocycles. The molecule has 4 N–H and O–H groups in total. The Hall–Kier alpha value is -4.87. The number of H-pyrrole nitrogens is 1. The molecular formula is C34H33F3N6O2. The minimum absolute atomic E-state index is 0.0715. The second-order valence-electron chi connectivity index (χ2n) is 11.1. The molecule has 8 nitrogen and oxygen atoms in total. The summed E-state index contributed by atoms with van der Waals surface area (Å²) in [5, 5.41) is 8.86. The monoisotopic (exact) mass is 614 g/mol. The molecule has 11 heteroatoms. The van der Waals surface area contributed by atoms with Gasteiger partial charge < -0.3 is 25.8 Å². The van der Waals surface area contributed by atoms with E-state index < -0.39 is 17.6 Å². The van der Waals surface area contributed by atoms with Gasteiger partial charge in [-0.15, -0.1) is 0 Å². The fraction of sp³-hybridized carbons (Fsp3) is 0.235. The van der Waals surface area contributed by atoms with Crippen LogP contribution in [0.15, 0.2) is 79.0 Å². The van der Waals surface area contributed by atoms with Gasteiger partial charge in [0.15, 0.2) is 0 Å². The maximum Gasteiger partial charge on any atom is 0.416 e. The predicted molar refractivity (Wildman–Crippen MR) is 170 cm³/mol. The number of aromatic nitrogens is 1. The molecule has 6 rings (SSSR count). The molecule has 3 heterocycles. The first-order chi connectivity index (χ1) is 21.7. The van der Waals surface area contributed by atoms with E-state index in [1.165, 1.54) is 12.1 Å². The van der Waals surface area contributed by atoms with Gasteiger partial charge in [-0.3, -0.25) is 14.5 Å². The summed E-state index contributed by atoms with van der Waals surface area (Å²) in [6.07, 6.45) is -1.01. The first-order valence-corrected chi connectivity index (χ1v) is 14.8. The standard InChI is InChI=1S/C34H33F3N6O2/c1-2-42-13-15-43(16-14-42)21-23-9-8-22(17-30(23)34(35,36)37)32(44)40-26-6-3-5-25(18-26)39-27-10-11-28-29(19-24-7-4-12-38-24)33(45)41-31(28)20-27/h3-12,17-20,38-39H,2,13-16,21H2,1H3,(H,40,44)(H,41,45)/b29-19-. The van der Waals surface area contributed by atoms with Crippen molar-refractivity contribution >= 4 is 46.2 Å². The van der Waals surface area contributed by atoms with Crippen molar-refractivity contribution in [2.45, 2.75) is 19.6 Å². The van der Waals surface area contributed by atoms with Crippen molar-refractivity contribution in [3.8, 4) is 0 Å². The van der Waals surface area contributed by atoms with Crippen LogP contribution in [0.1, 0.15) is 39.7 Å². The third-order valence-electron chi connectivity index (χ3n) is 8.12. The highest BCUT2D eigenvalue weighted by Gasteiger charge is 2.35. The van der Waals surface area contributed by atoms with Crippen molar-refractivity contribution in [2.75, 3.05) is 48.7 Å². The maximum absolute atomic E-state index is 14.1. The van der Waals surface area contributed by atoms with Gasteiger partial charge in [-0.2, -0.15) is 13.2 Å². The summed E-state index contributed by atoms with van der Waals surface area (Å²) < 4.78 is 42.2. The topological polar surface area (TPSA) is 92.5 Å². The fourth-order valence-electron chi connectivity index (χ4n) is 5.67. The number of alkyl halides is 3. The highest BCUT2D eigenvalue weighted by molar-refractivity contribution is 6.35. The average Bonchev–Trinajstić information content (AvgIpc) is 3.64. The lowest BCUT2D eigenvalue weighted by Crippen LogP contribution is -2.45. The largest absolute Gasteiger partial charge is 0.416 e. The molecule has 0 unspecified atom stereocenters. The van der Waals surface area contributed by atoms with E-state index in [9.17, 15) is 22.8 Å². The van der Waals surface area contributed by atoms with Crippen molar-refractivity contribution in [2.24, 2.45) is 0 Å². The van der Waals surface area contributed by atoms with Crippen LogP contribution in [0.4, 0.5) is 35.9 Å². The van der Waals surface area contributed by atoms with E-state index in [1.807, 2.05) is 35.2 Å². The zero-order chi connectivity index (χ0) is 31.6. The van der Waals surface area contributed by atoms with Crippen molar-refractivity contribution < 1.29 is 22.8 Å². The lowest BCUT2D eigenvalue weighted by molar-refractivity contribution is -0.138. The predicted octanol–water partition coefficient (Wildman–Crippen LogP) is 6.66. The number of nitrogens with one attached hydrogen (secondary N) is 4. The second-order valence-corrected chi connectivity index (χ2v) is 11.1. The number of halogens is 3. The number of piperazine rings is 1.